The van der Waals surface area contributed by atoms with Gasteiger partial charge in [0.2, 0.25) is 5.91 Å². The maximum atomic E-state index is 11.2. The van der Waals surface area contributed by atoms with E-state index in [1.165, 1.54) is 5.56 Å². The molecule has 0 radical (unpaired) electrons. The fraction of sp³-hybridized carbons (Fsp3) is 0.562. The molecule has 0 saturated carbocycles. The minimum Gasteiger partial charge on any atom is -0.394 e. The maximum Gasteiger partial charge on any atom is 0.248 e. The van der Waals surface area contributed by atoms with E-state index in [4.69, 9.17) is 15.6 Å². The largest absolute Gasteiger partial charge is 0.394 e. The number of hydrogen-bond acceptors (Lipinski definition) is 4. The van der Waals surface area contributed by atoms with Crippen LogP contribution in [0.25, 0.3) is 0 Å². The Labute approximate surface area is 125 Å². The van der Waals surface area contributed by atoms with Crippen molar-refractivity contribution >= 4 is 5.91 Å². The first-order valence-corrected chi connectivity index (χ1v) is 7.44. The average molecular weight is 292 g/mol. The Morgan fingerprint density at radius 2 is 2.14 bits per heavy atom. The maximum absolute atomic E-state index is 11.2. The number of carbonyl (C=O) groups is 1. The number of aliphatic hydroxyl groups is 1. The van der Waals surface area contributed by atoms with Crippen LogP contribution in [0.3, 0.4) is 0 Å². The van der Waals surface area contributed by atoms with Gasteiger partial charge in [0, 0.05) is 25.2 Å². The van der Waals surface area contributed by atoms with Crippen molar-refractivity contribution in [2.75, 3.05) is 26.3 Å². The highest BCUT2D eigenvalue weighted by Crippen LogP contribution is 2.18. The Hall–Kier alpha value is -1.43. The van der Waals surface area contributed by atoms with E-state index in [1.807, 2.05) is 19.1 Å². The third kappa shape index (κ3) is 4.52. The molecule has 116 valence electrons. The van der Waals surface area contributed by atoms with Gasteiger partial charge in [0.1, 0.15) is 0 Å². The van der Waals surface area contributed by atoms with E-state index >= 15 is 0 Å². The first-order valence-electron chi connectivity index (χ1n) is 7.44. The second-order valence-corrected chi connectivity index (χ2v) is 5.58. The zero-order valence-corrected chi connectivity index (χ0v) is 12.5. The fourth-order valence-electron chi connectivity index (χ4n) is 2.72. The van der Waals surface area contributed by atoms with E-state index in [9.17, 15) is 4.79 Å². The lowest BCUT2D eigenvalue weighted by atomic mass is 10.0. The van der Waals surface area contributed by atoms with Crippen LogP contribution in [0.5, 0.6) is 0 Å². The summed E-state index contributed by atoms with van der Waals surface area (Å²) in [5.41, 5.74) is 8.19. The van der Waals surface area contributed by atoms with Gasteiger partial charge in [0.15, 0.2) is 0 Å². The summed E-state index contributed by atoms with van der Waals surface area (Å²) in [6.07, 6.45) is 2.27. The first-order chi connectivity index (χ1) is 10.1. The summed E-state index contributed by atoms with van der Waals surface area (Å²) in [6, 6.07) is 5.64. The minimum atomic E-state index is -0.383. The molecule has 0 aliphatic carbocycles. The van der Waals surface area contributed by atoms with Gasteiger partial charge in [0.05, 0.1) is 19.3 Å². The summed E-state index contributed by atoms with van der Waals surface area (Å²) in [4.78, 5) is 13.6. The Morgan fingerprint density at radius 1 is 1.43 bits per heavy atom. The van der Waals surface area contributed by atoms with Crippen molar-refractivity contribution in [3.8, 4) is 0 Å². The van der Waals surface area contributed by atoms with Crippen LogP contribution in [0.15, 0.2) is 18.2 Å². The summed E-state index contributed by atoms with van der Waals surface area (Å²) in [6.45, 7) is 5.40. The second-order valence-electron chi connectivity index (χ2n) is 5.58. The number of nitrogens with two attached hydrogens (primary N) is 1. The van der Waals surface area contributed by atoms with Crippen LogP contribution in [0.1, 0.15) is 34.3 Å². The molecule has 1 aromatic carbocycles. The molecular weight excluding hydrogens is 268 g/mol. The number of likely N-dealkylation sites (tertiary alicyclic amines) is 1. The molecule has 1 saturated heterocycles. The molecule has 1 amide bonds. The standard InChI is InChI=1S/C16H24N2O3/c1-12-10-13(16(17)20)2-3-14(12)11-18-6-4-15(5-7-18)21-9-8-19/h2-3,10,15,19H,4-9,11H2,1H3,(H2,17,20). The zero-order chi connectivity index (χ0) is 15.2. The van der Waals surface area contributed by atoms with Gasteiger partial charge in [-0.1, -0.05) is 6.07 Å². The molecule has 0 bridgehead atoms. The summed E-state index contributed by atoms with van der Waals surface area (Å²) in [7, 11) is 0. The van der Waals surface area contributed by atoms with E-state index < -0.39 is 0 Å². The lowest BCUT2D eigenvalue weighted by molar-refractivity contribution is -0.00903. The fourth-order valence-corrected chi connectivity index (χ4v) is 2.72. The lowest BCUT2D eigenvalue weighted by Crippen LogP contribution is -2.37. The Morgan fingerprint density at radius 3 is 2.71 bits per heavy atom. The van der Waals surface area contributed by atoms with Crippen LogP contribution in [-0.2, 0) is 11.3 Å². The van der Waals surface area contributed by atoms with Crippen molar-refractivity contribution in [2.45, 2.75) is 32.4 Å². The van der Waals surface area contributed by atoms with Gasteiger partial charge in [-0.05, 0) is 43.0 Å². The van der Waals surface area contributed by atoms with Crippen LogP contribution >= 0.6 is 0 Å². The van der Waals surface area contributed by atoms with Crippen LogP contribution in [0, 0.1) is 6.92 Å². The SMILES string of the molecule is Cc1cc(C(N)=O)ccc1CN1CCC(OCCO)CC1. The Kier molecular flexibility index (Phi) is 5.73. The van der Waals surface area contributed by atoms with Crippen LogP contribution in [0.2, 0.25) is 0 Å². The van der Waals surface area contributed by atoms with Crippen molar-refractivity contribution in [1.29, 1.82) is 0 Å². The van der Waals surface area contributed by atoms with Crippen molar-refractivity contribution in [3.63, 3.8) is 0 Å². The predicted molar refractivity (Wildman–Crippen MR) is 81.0 cm³/mol. The number of amides is 1. The molecule has 1 heterocycles. The normalized spacial score (nSPS) is 17.0. The van der Waals surface area contributed by atoms with E-state index in [0.29, 0.717) is 12.2 Å². The van der Waals surface area contributed by atoms with Gasteiger partial charge < -0.3 is 15.6 Å². The van der Waals surface area contributed by atoms with Crippen molar-refractivity contribution in [2.24, 2.45) is 5.73 Å². The number of primary amides is 1. The molecule has 0 atom stereocenters. The molecule has 0 unspecified atom stereocenters. The lowest BCUT2D eigenvalue weighted by Gasteiger charge is -2.32. The molecule has 0 aromatic heterocycles. The van der Waals surface area contributed by atoms with Crippen molar-refractivity contribution in [3.05, 3.63) is 34.9 Å². The molecule has 0 spiro atoms. The molecule has 21 heavy (non-hydrogen) atoms. The van der Waals surface area contributed by atoms with E-state index in [0.717, 1.165) is 38.0 Å². The summed E-state index contributed by atoms with van der Waals surface area (Å²) >= 11 is 0. The smallest absolute Gasteiger partial charge is 0.248 e. The monoisotopic (exact) mass is 292 g/mol. The summed E-state index contributed by atoms with van der Waals surface area (Å²) < 4.78 is 5.57. The number of aryl methyl sites for hydroxylation is 1. The number of carbonyl (C=O) groups excluding carboxylic acids is 1. The highest BCUT2D eigenvalue weighted by atomic mass is 16.5. The number of benzene rings is 1. The number of aliphatic hydroxyl groups excluding tert-OH is 1. The number of hydrogen-bond donors (Lipinski definition) is 2. The van der Waals surface area contributed by atoms with Crippen LogP contribution in [-0.4, -0.2) is 48.3 Å². The third-order valence-corrected chi connectivity index (χ3v) is 4.00. The summed E-state index contributed by atoms with van der Waals surface area (Å²) in [5, 5.41) is 8.77. The van der Waals surface area contributed by atoms with Crippen molar-refractivity contribution < 1.29 is 14.6 Å². The molecule has 1 aliphatic rings. The van der Waals surface area contributed by atoms with Gasteiger partial charge in [-0.25, -0.2) is 0 Å². The predicted octanol–water partition coefficient (Wildman–Crippen LogP) is 1.07. The van der Waals surface area contributed by atoms with Crippen molar-refractivity contribution in [1.82, 2.24) is 4.90 Å². The number of ether oxygens (including phenoxy) is 1. The number of piperidine rings is 1. The third-order valence-electron chi connectivity index (χ3n) is 4.00. The zero-order valence-electron chi connectivity index (χ0n) is 12.5. The van der Waals surface area contributed by atoms with E-state index in [2.05, 4.69) is 4.90 Å². The molecular formula is C16H24N2O3. The molecule has 1 fully saturated rings. The van der Waals surface area contributed by atoms with Gasteiger partial charge in [-0.3, -0.25) is 9.69 Å². The molecule has 5 nitrogen and oxygen atoms in total. The Balaban J connectivity index is 1.87. The Bertz CT molecular complexity index is 482. The second kappa shape index (κ2) is 7.54. The topological polar surface area (TPSA) is 75.8 Å². The molecule has 5 heteroatoms. The molecule has 3 N–H and O–H groups in total. The van der Waals surface area contributed by atoms with Gasteiger partial charge in [0.25, 0.3) is 0 Å². The number of rotatable bonds is 6. The average Bonchev–Trinajstić information content (AvgIpc) is 2.48. The number of nitrogens with zero attached hydrogens (tertiary/aromatic N) is 1. The highest BCUT2D eigenvalue weighted by molar-refractivity contribution is 5.93. The van der Waals surface area contributed by atoms with Gasteiger partial charge >= 0.3 is 0 Å². The summed E-state index contributed by atoms with van der Waals surface area (Å²) in [5.74, 6) is -0.383. The molecule has 1 aromatic rings. The van der Waals surface area contributed by atoms with E-state index in [-0.39, 0.29) is 18.6 Å². The van der Waals surface area contributed by atoms with Crippen LogP contribution < -0.4 is 5.73 Å². The van der Waals surface area contributed by atoms with E-state index in [1.54, 1.807) is 6.07 Å². The van der Waals surface area contributed by atoms with Crippen LogP contribution in [0.4, 0.5) is 0 Å². The van der Waals surface area contributed by atoms with Gasteiger partial charge in [-0.15, -0.1) is 0 Å². The van der Waals surface area contributed by atoms with Gasteiger partial charge in [-0.2, -0.15) is 0 Å². The quantitative estimate of drug-likeness (QED) is 0.822. The highest BCUT2D eigenvalue weighted by Gasteiger charge is 2.20. The minimum absolute atomic E-state index is 0.0889. The molecule has 1 aliphatic heterocycles. The molecule has 2 rings (SSSR count). The first kappa shape index (κ1) is 15.9.